The van der Waals surface area contributed by atoms with Crippen LogP contribution in [-0.4, -0.2) is 0 Å². The minimum atomic E-state index is -0.253. The molecular formula is C25H34ClF. The highest BCUT2D eigenvalue weighted by molar-refractivity contribution is 6.30. The van der Waals surface area contributed by atoms with Crippen molar-refractivity contribution in [3.63, 3.8) is 0 Å². The Morgan fingerprint density at radius 1 is 1.00 bits per heavy atom. The van der Waals surface area contributed by atoms with Crippen molar-refractivity contribution in [1.82, 2.24) is 0 Å². The summed E-state index contributed by atoms with van der Waals surface area (Å²) in [5.74, 6) is 5.01. The van der Waals surface area contributed by atoms with Crippen molar-refractivity contribution in [2.45, 2.75) is 77.0 Å². The summed E-state index contributed by atoms with van der Waals surface area (Å²) in [5, 5.41) is 0.249. The first-order valence-corrected chi connectivity index (χ1v) is 11.6. The van der Waals surface area contributed by atoms with Crippen LogP contribution in [-0.2, 0) is 0 Å². The first-order valence-electron chi connectivity index (χ1n) is 11.2. The monoisotopic (exact) mass is 388 g/mol. The van der Waals surface area contributed by atoms with Gasteiger partial charge in [-0.3, -0.25) is 0 Å². The van der Waals surface area contributed by atoms with Crippen LogP contribution < -0.4 is 0 Å². The van der Waals surface area contributed by atoms with Crippen LogP contribution in [0.5, 0.6) is 0 Å². The van der Waals surface area contributed by atoms with Gasteiger partial charge in [0.05, 0.1) is 5.02 Å². The molecule has 0 amide bonds. The number of fused-ring (bicyclic) bond motifs is 3. The highest BCUT2D eigenvalue weighted by Crippen LogP contribution is 2.55. The maximum Gasteiger partial charge on any atom is 0.142 e. The summed E-state index contributed by atoms with van der Waals surface area (Å²) >= 11 is 5.88. The fourth-order valence-corrected chi connectivity index (χ4v) is 6.84. The number of hydrogen-bond acceptors (Lipinski definition) is 0. The maximum absolute atomic E-state index is 13.9. The lowest BCUT2D eigenvalue weighted by Crippen LogP contribution is -2.41. The Bertz CT molecular complexity index is 666. The second-order valence-corrected chi connectivity index (χ2v) is 9.84. The van der Waals surface area contributed by atoms with E-state index in [-0.39, 0.29) is 10.8 Å². The third-order valence-corrected chi connectivity index (χ3v) is 8.35. The summed E-state index contributed by atoms with van der Waals surface area (Å²) in [6, 6.07) is 5.48. The van der Waals surface area contributed by atoms with Gasteiger partial charge in [-0.15, -0.1) is 0 Å². The molecule has 3 fully saturated rings. The van der Waals surface area contributed by atoms with Crippen molar-refractivity contribution in [3.8, 4) is 0 Å². The Hall–Kier alpha value is -0.820. The molecule has 0 nitrogen and oxygen atoms in total. The number of benzene rings is 1. The van der Waals surface area contributed by atoms with Crippen molar-refractivity contribution in [2.75, 3.05) is 0 Å². The average molecular weight is 389 g/mol. The molecule has 3 aliphatic carbocycles. The van der Waals surface area contributed by atoms with Gasteiger partial charge in [-0.1, -0.05) is 36.2 Å². The van der Waals surface area contributed by atoms with Gasteiger partial charge in [0.1, 0.15) is 5.82 Å². The van der Waals surface area contributed by atoms with Gasteiger partial charge in [-0.25, -0.2) is 4.39 Å². The van der Waals surface area contributed by atoms with Gasteiger partial charge >= 0.3 is 0 Å². The maximum atomic E-state index is 13.9. The summed E-state index contributed by atoms with van der Waals surface area (Å²) in [5.41, 5.74) is 1.17. The van der Waals surface area contributed by atoms with Crippen LogP contribution in [0.25, 0.3) is 0 Å². The molecule has 0 aromatic heterocycles. The lowest BCUT2D eigenvalue weighted by atomic mass is 9.55. The van der Waals surface area contributed by atoms with E-state index in [1.54, 1.807) is 12.1 Å². The number of allylic oxidation sites excluding steroid dienone is 2. The second kappa shape index (κ2) is 8.68. The summed E-state index contributed by atoms with van der Waals surface area (Å²) < 4.78 is 13.9. The molecule has 0 N–H and O–H groups in total. The SMILES string of the molecule is CC=CCCC1CCC2C(CCC3CC(c4ccc(Cl)c(F)c4)CCC32)C1. The van der Waals surface area contributed by atoms with Gasteiger partial charge < -0.3 is 0 Å². The fraction of sp³-hybridized carbons (Fsp3) is 0.680. The minimum Gasteiger partial charge on any atom is -0.205 e. The Labute approximate surface area is 169 Å². The molecule has 1 aromatic rings. The summed E-state index contributed by atoms with van der Waals surface area (Å²) in [4.78, 5) is 0. The Morgan fingerprint density at radius 3 is 2.48 bits per heavy atom. The molecule has 148 valence electrons. The minimum absolute atomic E-state index is 0.249. The van der Waals surface area contributed by atoms with Gasteiger partial charge in [0.25, 0.3) is 0 Å². The summed E-state index contributed by atoms with van der Waals surface area (Å²) in [6.45, 7) is 2.13. The summed E-state index contributed by atoms with van der Waals surface area (Å²) in [7, 11) is 0. The lowest BCUT2D eigenvalue weighted by molar-refractivity contribution is 0.00564. The Morgan fingerprint density at radius 2 is 1.74 bits per heavy atom. The first-order chi connectivity index (χ1) is 13.2. The van der Waals surface area contributed by atoms with Crippen molar-refractivity contribution in [3.05, 3.63) is 46.8 Å². The van der Waals surface area contributed by atoms with E-state index < -0.39 is 0 Å². The molecule has 0 heterocycles. The van der Waals surface area contributed by atoms with Crippen LogP contribution in [0, 0.1) is 35.4 Å². The molecule has 3 aliphatic rings. The number of hydrogen-bond donors (Lipinski definition) is 0. The smallest absolute Gasteiger partial charge is 0.142 e. The molecule has 0 spiro atoms. The Balaban J connectivity index is 1.36. The molecule has 3 saturated carbocycles. The van der Waals surface area contributed by atoms with Crippen LogP contribution >= 0.6 is 11.6 Å². The molecule has 1 aromatic carbocycles. The van der Waals surface area contributed by atoms with E-state index in [4.69, 9.17) is 11.6 Å². The molecule has 6 unspecified atom stereocenters. The molecule has 0 aliphatic heterocycles. The lowest BCUT2D eigenvalue weighted by Gasteiger charge is -2.51. The van der Waals surface area contributed by atoms with E-state index in [2.05, 4.69) is 25.1 Å². The third-order valence-electron chi connectivity index (χ3n) is 8.04. The fourth-order valence-electron chi connectivity index (χ4n) is 6.72. The predicted molar refractivity (Wildman–Crippen MR) is 113 cm³/mol. The molecule has 0 radical (unpaired) electrons. The first kappa shape index (κ1) is 19.5. The molecule has 0 bridgehead atoms. The topological polar surface area (TPSA) is 0 Å². The van der Waals surface area contributed by atoms with E-state index in [1.165, 1.54) is 69.8 Å². The van der Waals surface area contributed by atoms with Gasteiger partial charge in [0.15, 0.2) is 0 Å². The number of halogens is 2. The van der Waals surface area contributed by atoms with Crippen molar-refractivity contribution >= 4 is 11.6 Å². The largest absolute Gasteiger partial charge is 0.205 e. The van der Waals surface area contributed by atoms with Crippen molar-refractivity contribution in [2.24, 2.45) is 29.6 Å². The normalized spacial score (nSPS) is 36.4. The molecule has 2 heteroatoms. The van der Waals surface area contributed by atoms with E-state index >= 15 is 0 Å². The Kier molecular flexibility index (Phi) is 6.27. The van der Waals surface area contributed by atoms with E-state index in [0.717, 1.165) is 29.6 Å². The highest BCUT2D eigenvalue weighted by Gasteiger charge is 2.44. The summed E-state index contributed by atoms with van der Waals surface area (Å²) in [6.07, 6.45) is 18.3. The zero-order valence-corrected chi connectivity index (χ0v) is 17.4. The quantitative estimate of drug-likeness (QED) is 0.456. The third kappa shape index (κ3) is 4.29. The number of rotatable bonds is 4. The zero-order valence-electron chi connectivity index (χ0n) is 16.7. The van der Waals surface area contributed by atoms with Gasteiger partial charge in [-0.05, 0) is 118 Å². The van der Waals surface area contributed by atoms with Crippen molar-refractivity contribution in [1.29, 1.82) is 0 Å². The van der Waals surface area contributed by atoms with Crippen LogP contribution in [0.1, 0.15) is 82.6 Å². The van der Waals surface area contributed by atoms with Crippen LogP contribution in [0.3, 0.4) is 0 Å². The zero-order chi connectivity index (χ0) is 18.8. The molecular weight excluding hydrogens is 355 g/mol. The molecule has 6 atom stereocenters. The van der Waals surface area contributed by atoms with E-state index in [1.807, 2.05) is 0 Å². The van der Waals surface area contributed by atoms with Gasteiger partial charge in [0.2, 0.25) is 0 Å². The highest BCUT2D eigenvalue weighted by atomic mass is 35.5. The van der Waals surface area contributed by atoms with Crippen LogP contribution in [0.2, 0.25) is 5.02 Å². The van der Waals surface area contributed by atoms with E-state index in [0.29, 0.717) is 5.92 Å². The van der Waals surface area contributed by atoms with Crippen LogP contribution in [0.4, 0.5) is 4.39 Å². The standard InChI is InChI=1S/C25H34ClF/c1-2-3-4-5-17-6-11-22-20(14-17)7-8-21-15-18(9-12-23(21)22)19-10-13-24(26)25(27)16-19/h2-3,10,13,16-18,20-23H,4-9,11-12,14-15H2,1H3. The van der Waals surface area contributed by atoms with Crippen molar-refractivity contribution < 1.29 is 4.39 Å². The predicted octanol–water partition coefficient (Wildman–Crippen LogP) is 8.16. The van der Waals surface area contributed by atoms with Gasteiger partial charge in [-0.2, -0.15) is 0 Å². The van der Waals surface area contributed by atoms with Gasteiger partial charge in [0, 0.05) is 0 Å². The average Bonchev–Trinajstić information content (AvgIpc) is 2.69. The van der Waals surface area contributed by atoms with E-state index in [9.17, 15) is 4.39 Å². The molecule has 27 heavy (non-hydrogen) atoms. The second-order valence-electron chi connectivity index (χ2n) is 9.43. The molecule has 0 saturated heterocycles. The van der Waals surface area contributed by atoms with Crippen LogP contribution in [0.15, 0.2) is 30.4 Å². The molecule has 4 rings (SSSR count).